The van der Waals surface area contributed by atoms with Crippen LogP contribution in [0.4, 0.5) is 0 Å². The van der Waals surface area contributed by atoms with Crippen molar-refractivity contribution in [2.45, 2.75) is 0 Å². The molecule has 0 spiro atoms. The summed E-state index contributed by atoms with van der Waals surface area (Å²) in [4.78, 5) is 10.4. The van der Waals surface area contributed by atoms with E-state index in [-0.39, 0.29) is 0 Å². The fourth-order valence-corrected chi connectivity index (χ4v) is 8.96. The maximum Gasteiger partial charge on any atom is 0.160 e. The van der Waals surface area contributed by atoms with Gasteiger partial charge in [0.1, 0.15) is 11.2 Å². The number of aromatic nitrogens is 3. The van der Waals surface area contributed by atoms with Gasteiger partial charge in [0.05, 0.1) is 22.2 Å². The molecule has 4 nitrogen and oxygen atoms in total. The maximum atomic E-state index is 6.52. The van der Waals surface area contributed by atoms with E-state index in [2.05, 4.69) is 205 Å². The van der Waals surface area contributed by atoms with Gasteiger partial charge in [-0.3, -0.25) is 0 Å². The van der Waals surface area contributed by atoms with Crippen LogP contribution in [0.2, 0.25) is 0 Å². The predicted molar refractivity (Wildman–Crippen MR) is 248 cm³/mol. The summed E-state index contributed by atoms with van der Waals surface area (Å²) in [6.07, 6.45) is 0. The third-order valence-corrected chi connectivity index (χ3v) is 11.8. The van der Waals surface area contributed by atoms with Gasteiger partial charge in [-0.2, -0.15) is 0 Å². The van der Waals surface area contributed by atoms with Gasteiger partial charge >= 0.3 is 0 Å². The Morgan fingerprint density at radius 1 is 0.350 bits per heavy atom. The van der Waals surface area contributed by atoms with Gasteiger partial charge in [-0.15, -0.1) is 0 Å². The van der Waals surface area contributed by atoms with Crippen molar-refractivity contribution in [2.24, 2.45) is 0 Å². The number of rotatable bonds is 6. The number of furan rings is 1. The standard InChI is InChI=1S/C56H35N3O/c1-3-13-36(14-4-1)37-25-27-38(28-26-37)55-46-20-7-9-22-49(46)57-56(58-55)42-16-11-15-41(33-42)44-21-12-24-53-54(44)48-35-40(30-32-52(48)60-53)39-29-31-51-47(34-39)45-19-8-10-23-50(45)59(51)43-17-5-2-6-18-43/h1-35H. The van der Waals surface area contributed by atoms with Crippen LogP contribution in [0.1, 0.15) is 0 Å². The lowest BCUT2D eigenvalue weighted by molar-refractivity contribution is 0.669. The fraction of sp³-hybridized carbons (Fsp3) is 0. The van der Waals surface area contributed by atoms with Gasteiger partial charge < -0.3 is 8.98 Å². The highest BCUT2D eigenvalue weighted by Gasteiger charge is 2.18. The van der Waals surface area contributed by atoms with E-state index < -0.39 is 0 Å². The van der Waals surface area contributed by atoms with E-state index in [0.717, 1.165) is 77.6 Å². The van der Waals surface area contributed by atoms with Crippen molar-refractivity contribution in [1.29, 1.82) is 0 Å². The summed E-state index contributed by atoms with van der Waals surface area (Å²) >= 11 is 0. The smallest absolute Gasteiger partial charge is 0.160 e. The first kappa shape index (κ1) is 34.0. The molecule has 0 aliphatic heterocycles. The molecule has 4 heteroatoms. The van der Waals surface area contributed by atoms with Gasteiger partial charge in [-0.25, -0.2) is 9.97 Å². The molecule has 0 aliphatic rings. The third-order valence-electron chi connectivity index (χ3n) is 11.8. The van der Waals surface area contributed by atoms with E-state index in [0.29, 0.717) is 5.82 Å². The molecule has 0 atom stereocenters. The van der Waals surface area contributed by atoms with Crippen molar-refractivity contribution in [3.05, 3.63) is 212 Å². The predicted octanol–water partition coefficient (Wildman–Crippen LogP) is 15.0. The Morgan fingerprint density at radius 3 is 1.82 bits per heavy atom. The molecule has 0 bridgehead atoms. The molecule has 280 valence electrons. The number of hydrogen-bond donors (Lipinski definition) is 0. The summed E-state index contributed by atoms with van der Waals surface area (Å²) in [5, 5.41) is 5.66. The number of hydrogen-bond acceptors (Lipinski definition) is 3. The zero-order valence-corrected chi connectivity index (χ0v) is 32.5. The fourth-order valence-electron chi connectivity index (χ4n) is 8.96. The molecule has 12 rings (SSSR count). The number of fused-ring (bicyclic) bond motifs is 7. The van der Waals surface area contributed by atoms with Crippen LogP contribution in [0.5, 0.6) is 0 Å². The Bertz CT molecular complexity index is 3580. The van der Waals surface area contributed by atoms with Gasteiger partial charge in [-0.1, -0.05) is 152 Å². The zero-order valence-electron chi connectivity index (χ0n) is 32.5. The van der Waals surface area contributed by atoms with E-state index >= 15 is 0 Å². The highest BCUT2D eigenvalue weighted by atomic mass is 16.3. The van der Waals surface area contributed by atoms with Crippen LogP contribution in [0, 0.1) is 0 Å². The zero-order chi connectivity index (χ0) is 39.6. The lowest BCUT2D eigenvalue weighted by Gasteiger charge is -2.11. The van der Waals surface area contributed by atoms with Crippen LogP contribution in [0.25, 0.3) is 116 Å². The highest BCUT2D eigenvalue weighted by Crippen LogP contribution is 2.41. The third kappa shape index (κ3) is 5.61. The van der Waals surface area contributed by atoms with E-state index in [4.69, 9.17) is 14.4 Å². The van der Waals surface area contributed by atoms with Gasteiger partial charge in [0.15, 0.2) is 5.82 Å². The molecule has 0 unspecified atom stereocenters. The first-order valence-electron chi connectivity index (χ1n) is 20.3. The van der Waals surface area contributed by atoms with Crippen molar-refractivity contribution in [2.75, 3.05) is 0 Å². The van der Waals surface area contributed by atoms with E-state index in [1.807, 2.05) is 12.1 Å². The van der Waals surface area contributed by atoms with Gasteiger partial charge in [0.25, 0.3) is 0 Å². The minimum Gasteiger partial charge on any atom is -0.456 e. The van der Waals surface area contributed by atoms with Crippen molar-refractivity contribution in [3.8, 4) is 61.7 Å². The number of para-hydroxylation sites is 3. The molecular formula is C56H35N3O. The van der Waals surface area contributed by atoms with E-state index in [1.54, 1.807) is 0 Å². The van der Waals surface area contributed by atoms with E-state index in [1.165, 1.54) is 32.9 Å². The molecular weight excluding hydrogens is 731 g/mol. The summed E-state index contributed by atoms with van der Waals surface area (Å²) in [5.74, 6) is 0.688. The SMILES string of the molecule is c1ccc(-c2ccc(-c3nc(-c4cccc(-c5cccc6oc7ccc(-c8ccc9c(c8)c8ccccc8n9-c8ccccc8)cc7c56)c4)nc4ccccc34)cc2)cc1. The Hall–Kier alpha value is -8.08. The Morgan fingerprint density at radius 2 is 0.967 bits per heavy atom. The van der Waals surface area contributed by atoms with Crippen LogP contribution in [-0.2, 0) is 0 Å². The summed E-state index contributed by atoms with van der Waals surface area (Å²) in [6.45, 7) is 0. The van der Waals surface area contributed by atoms with Crippen molar-refractivity contribution in [3.63, 3.8) is 0 Å². The highest BCUT2D eigenvalue weighted by molar-refractivity contribution is 6.14. The molecule has 9 aromatic carbocycles. The molecule has 0 fully saturated rings. The van der Waals surface area contributed by atoms with Crippen LogP contribution < -0.4 is 0 Å². The lowest BCUT2D eigenvalue weighted by Crippen LogP contribution is -1.95. The molecule has 3 aromatic heterocycles. The first-order valence-corrected chi connectivity index (χ1v) is 20.3. The first-order chi connectivity index (χ1) is 29.7. The van der Waals surface area contributed by atoms with Crippen LogP contribution >= 0.6 is 0 Å². The second kappa shape index (κ2) is 13.8. The molecule has 3 heterocycles. The minimum absolute atomic E-state index is 0.688. The molecule has 0 radical (unpaired) electrons. The molecule has 12 aromatic rings. The molecule has 0 saturated heterocycles. The van der Waals surface area contributed by atoms with Crippen LogP contribution in [0.15, 0.2) is 217 Å². The maximum absolute atomic E-state index is 6.52. The molecule has 60 heavy (non-hydrogen) atoms. The van der Waals surface area contributed by atoms with Crippen molar-refractivity contribution >= 4 is 54.6 Å². The number of nitrogens with zero attached hydrogens (tertiary/aromatic N) is 3. The number of benzene rings is 9. The normalized spacial score (nSPS) is 11.7. The van der Waals surface area contributed by atoms with Crippen LogP contribution in [0.3, 0.4) is 0 Å². The van der Waals surface area contributed by atoms with Gasteiger partial charge in [0.2, 0.25) is 0 Å². The summed E-state index contributed by atoms with van der Waals surface area (Å²) in [5.41, 5.74) is 15.9. The van der Waals surface area contributed by atoms with Crippen molar-refractivity contribution in [1.82, 2.24) is 14.5 Å². The quantitative estimate of drug-likeness (QED) is 0.169. The van der Waals surface area contributed by atoms with E-state index in [9.17, 15) is 0 Å². The summed E-state index contributed by atoms with van der Waals surface area (Å²) in [6, 6.07) is 75.0. The summed E-state index contributed by atoms with van der Waals surface area (Å²) in [7, 11) is 0. The largest absolute Gasteiger partial charge is 0.456 e. The Labute approximate surface area is 346 Å². The Balaban J connectivity index is 0.959. The lowest BCUT2D eigenvalue weighted by atomic mass is 9.96. The monoisotopic (exact) mass is 765 g/mol. The molecule has 0 aliphatic carbocycles. The molecule has 0 N–H and O–H groups in total. The summed E-state index contributed by atoms with van der Waals surface area (Å²) < 4.78 is 8.88. The average molecular weight is 766 g/mol. The average Bonchev–Trinajstić information content (AvgIpc) is 3.87. The minimum atomic E-state index is 0.688. The second-order valence-electron chi connectivity index (χ2n) is 15.3. The Kier molecular flexibility index (Phi) is 7.82. The topological polar surface area (TPSA) is 43.9 Å². The molecule has 0 saturated carbocycles. The molecule has 0 amide bonds. The van der Waals surface area contributed by atoms with Crippen LogP contribution in [-0.4, -0.2) is 14.5 Å². The second-order valence-corrected chi connectivity index (χ2v) is 15.3. The van der Waals surface area contributed by atoms with Crippen molar-refractivity contribution < 1.29 is 4.42 Å². The van der Waals surface area contributed by atoms with Gasteiger partial charge in [0, 0.05) is 43.7 Å². The van der Waals surface area contributed by atoms with Gasteiger partial charge in [-0.05, 0) is 94.0 Å².